The Labute approximate surface area is 116 Å². The zero-order valence-corrected chi connectivity index (χ0v) is 11.5. The number of hydrogen-bond donors (Lipinski definition) is 2. The van der Waals surface area contributed by atoms with Gasteiger partial charge in [-0.3, -0.25) is 4.79 Å². The highest BCUT2D eigenvalue weighted by Crippen LogP contribution is 2.28. The standard InChI is InChI=1S/C14H15ClN2O2/c1-16-8-10-3-5-12(17-14(10)18)9-4-6-13(19-2)11(15)7-9/h3-7,16H,8H2,1-2H3,(H,17,18). The Bertz CT molecular complexity index is 638. The van der Waals surface area contributed by atoms with E-state index in [2.05, 4.69) is 10.3 Å². The first kappa shape index (κ1) is 13.6. The molecule has 0 bridgehead atoms. The van der Waals surface area contributed by atoms with Crippen LogP contribution in [0.25, 0.3) is 11.3 Å². The lowest BCUT2D eigenvalue weighted by atomic mass is 10.1. The zero-order valence-electron chi connectivity index (χ0n) is 10.8. The average Bonchev–Trinajstić information content (AvgIpc) is 2.41. The van der Waals surface area contributed by atoms with Gasteiger partial charge in [-0.2, -0.15) is 0 Å². The molecule has 5 heteroatoms. The van der Waals surface area contributed by atoms with Gasteiger partial charge in [0.1, 0.15) is 5.75 Å². The number of hydrogen-bond acceptors (Lipinski definition) is 3. The van der Waals surface area contributed by atoms with Gasteiger partial charge in [-0.05, 0) is 36.9 Å². The van der Waals surface area contributed by atoms with E-state index in [-0.39, 0.29) is 5.56 Å². The van der Waals surface area contributed by atoms with Gasteiger partial charge in [0.15, 0.2) is 0 Å². The molecule has 0 radical (unpaired) electrons. The summed E-state index contributed by atoms with van der Waals surface area (Å²) in [6.45, 7) is 0.541. The van der Waals surface area contributed by atoms with Gasteiger partial charge >= 0.3 is 0 Å². The van der Waals surface area contributed by atoms with Gasteiger partial charge in [-0.1, -0.05) is 17.7 Å². The molecule has 19 heavy (non-hydrogen) atoms. The largest absolute Gasteiger partial charge is 0.495 e. The minimum Gasteiger partial charge on any atom is -0.495 e. The van der Waals surface area contributed by atoms with Crippen LogP contribution in [0.4, 0.5) is 0 Å². The summed E-state index contributed by atoms with van der Waals surface area (Å²) in [6, 6.07) is 9.07. The Morgan fingerprint density at radius 2 is 2.11 bits per heavy atom. The molecule has 1 aromatic heterocycles. The molecule has 100 valence electrons. The van der Waals surface area contributed by atoms with E-state index >= 15 is 0 Å². The predicted octanol–water partition coefficient (Wildman–Crippen LogP) is 2.42. The lowest BCUT2D eigenvalue weighted by Crippen LogP contribution is -2.18. The van der Waals surface area contributed by atoms with Crippen molar-refractivity contribution in [3.63, 3.8) is 0 Å². The smallest absolute Gasteiger partial charge is 0.252 e. The van der Waals surface area contributed by atoms with Crippen molar-refractivity contribution in [1.82, 2.24) is 10.3 Å². The summed E-state index contributed by atoms with van der Waals surface area (Å²) in [5.74, 6) is 0.611. The predicted molar refractivity (Wildman–Crippen MR) is 76.8 cm³/mol. The van der Waals surface area contributed by atoms with E-state index in [1.54, 1.807) is 26.3 Å². The van der Waals surface area contributed by atoms with Crippen LogP contribution in [-0.4, -0.2) is 19.1 Å². The van der Waals surface area contributed by atoms with Crippen LogP contribution in [0.5, 0.6) is 5.75 Å². The minimum atomic E-state index is -0.0983. The van der Waals surface area contributed by atoms with Crippen LogP contribution in [0.3, 0.4) is 0 Å². The summed E-state index contributed by atoms with van der Waals surface area (Å²) in [4.78, 5) is 14.7. The van der Waals surface area contributed by atoms with Gasteiger partial charge < -0.3 is 15.0 Å². The summed E-state index contributed by atoms with van der Waals surface area (Å²) in [7, 11) is 3.37. The van der Waals surface area contributed by atoms with Crippen LogP contribution >= 0.6 is 11.6 Å². The monoisotopic (exact) mass is 278 g/mol. The molecular formula is C14H15ClN2O2. The first-order valence-electron chi connectivity index (χ1n) is 5.86. The molecule has 0 spiro atoms. The van der Waals surface area contributed by atoms with E-state index in [4.69, 9.17) is 16.3 Å². The Morgan fingerprint density at radius 1 is 1.32 bits per heavy atom. The van der Waals surface area contributed by atoms with Crippen molar-refractivity contribution in [2.75, 3.05) is 14.2 Å². The topological polar surface area (TPSA) is 54.1 Å². The minimum absolute atomic E-state index is 0.0983. The van der Waals surface area contributed by atoms with E-state index in [0.29, 0.717) is 22.9 Å². The van der Waals surface area contributed by atoms with Crippen LogP contribution in [0.2, 0.25) is 5.02 Å². The summed E-state index contributed by atoms with van der Waals surface area (Å²) in [5.41, 5.74) is 2.18. The van der Waals surface area contributed by atoms with Crippen LogP contribution < -0.4 is 15.6 Å². The van der Waals surface area contributed by atoms with Crippen LogP contribution in [0, 0.1) is 0 Å². The SMILES string of the molecule is CNCc1ccc(-c2ccc(OC)c(Cl)c2)[nH]c1=O. The van der Waals surface area contributed by atoms with Crippen molar-refractivity contribution >= 4 is 11.6 Å². The van der Waals surface area contributed by atoms with Gasteiger partial charge in [0, 0.05) is 17.8 Å². The van der Waals surface area contributed by atoms with Crippen LogP contribution in [0.1, 0.15) is 5.56 Å². The second-order valence-corrected chi connectivity index (χ2v) is 4.51. The second-order valence-electron chi connectivity index (χ2n) is 4.11. The molecule has 2 N–H and O–H groups in total. The maximum atomic E-state index is 11.9. The number of halogens is 1. The van der Waals surface area contributed by atoms with E-state index in [0.717, 1.165) is 11.3 Å². The third-order valence-electron chi connectivity index (χ3n) is 2.82. The molecule has 0 aliphatic rings. The van der Waals surface area contributed by atoms with Gasteiger partial charge in [0.2, 0.25) is 0 Å². The van der Waals surface area contributed by atoms with Gasteiger partial charge in [0.25, 0.3) is 5.56 Å². The van der Waals surface area contributed by atoms with Crippen molar-refractivity contribution in [2.45, 2.75) is 6.54 Å². The lowest BCUT2D eigenvalue weighted by molar-refractivity contribution is 0.415. The van der Waals surface area contributed by atoms with Gasteiger partial charge in [-0.25, -0.2) is 0 Å². The van der Waals surface area contributed by atoms with Crippen molar-refractivity contribution < 1.29 is 4.74 Å². The number of methoxy groups -OCH3 is 1. The van der Waals surface area contributed by atoms with Crippen LogP contribution in [0.15, 0.2) is 35.1 Å². The number of aromatic amines is 1. The highest BCUT2D eigenvalue weighted by molar-refractivity contribution is 6.32. The van der Waals surface area contributed by atoms with Gasteiger partial charge in [-0.15, -0.1) is 0 Å². The molecule has 0 aliphatic heterocycles. The maximum absolute atomic E-state index is 11.9. The molecule has 4 nitrogen and oxygen atoms in total. The highest BCUT2D eigenvalue weighted by atomic mass is 35.5. The normalized spacial score (nSPS) is 10.5. The fourth-order valence-electron chi connectivity index (χ4n) is 1.84. The molecular weight excluding hydrogens is 264 g/mol. The molecule has 0 atom stereocenters. The van der Waals surface area contributed by atoms with Crippen molar-refractivity contribution in [3.8, 4) is 17.0 Å². The summed E-state index contributed by atoms with van der Waals surface area (Å²) in [6.07, 6.45) is 0. The average molecular weight is 279 g/mol. The number of nitrogens with one attached hydrogen (secondary N) is 2. The number of H-pyrrole nitrogens is 1. The highest BCUT2D eigenvalue weighted by Gasteiger charge is 2.06. The third kappa shape index (κ3) is 2.97. The molecule has 0 saturated carbocycles. The molecule has 0 unspecified atom stereocenters. The molecule has 0 saturated heterocycles. The number of aromatic nitrogens is 1. The molecule has 2 aromatic rings. The van der Waals surface area contributed by atoms with Crippen LogP contribution in [-0.2, 0) is 6.54 Å². The Balaban J connectivity index is 2.39. The molecule has 0 amide bonds. The Hall–Kier alpha value is -1.78. The van der Waals surface area contributed by atoms with Crippen molar-refractivity contribution in [1.29, 1.82) is 0 Å². The summed E-state index contributed by atoms with van der Waals surface area (Å²) in [5, 5.41) is 3.46. The Morgan fingerprint density at radius 3 is 2.68 bits per heavy atom. The third-order valence-corrected chi connectivity index (χ3v) is 3.12. The Kier molecular flexibility index (Phi) is 4.24. The first-order chi connectivity index (χ1) is 9.15. The van der Waals surface area contributed by atoms with Crippen molar-refractivity contribution in [3.05, 3.63) is 51.3 Å². The first-order valence-corrected chi connectivity index (χ1v) is 6.24. The zero-order chi connectivity index (χ0) is 13.8. The van der Waals surface area contributed by atoms with Gasteiger partial charge in [0.05, 0.1) is 12.1 Å². The van der Waals surface area contributed by atoms with E-state index in [1.165, 1.54) is 0 Å². The summed E-state index contributed by atoms with van der Waals surface area (Å²) >= 11 is 6.07. The van der Waals surface area contributed by atoms with E-state index < -0.39 is 0 Å². The molecule has 0 fully saturated rings. The number of pyridine rings is 1. The van der Waals surface area contributed by atoms with E-state index in [1.807, 2.05) is 18.2 Å². The quantitative estimate of drug-likeness (QED) is 0.903. The fraction of sp³-hybridized carbons (Fsp3) is 0.214. The maximum Gasteiger partial charge on any atom is 0.252 e. The lowest BCUT2D eigenvalue weighted by Gasteiger charge is -2.07. The molecule has 0 aliphatic carbocycles. The molecule has 1 heterocycles. The van der Waals surface area contributed by atoms with Crippen molar-refractivity contribution in [2.24, 2.45) is 0 Å². The van der Waals surface area contributed by atoms with E-state index in [9.17, 15) is 4.79 Å². The second kappa shape index (κ2) is 5.91. The number of benzene rings is 1. The molecule has 1 aromatic carbocycles. The summed E-state index contributed by atoms with van der Waals surface area (Å²) < 4.78 is 5.10. The number of rotatable bonds is 4. The number of ether oxygens (including phenoxy) is 1. The molecule has 2 rings (SSSR count). The fourth-order valence-corrected chi connectivity index (χ4v) is 2.09.